The third-order valence-electron chi connectivity index (χ3n) is 3.84. The smallest absolute Gasteiger partial charge is 0.305 e. The molecule has 1 atom stereocenters. The molecule has 1 amide bonds. The summed E-state index contributed by atoms with van der Waals surface area (Å²) in [4.78, 5) is 22.9. The van der Waals surface area contributed by atoms with E-state index in [9.17, 15) is 9.59 Å². The first-order valence-corrected chi connectivity index (χ1v) is 6.84. The fourth-order valence-electron chi connectivity index (χ4n) is 2.60. The number of aliphatic carboxylic acids is 1. The van der Waals surface area contributed by atoms with Gasteiger partial charge in [-0.25, -0.2) is 0 Å². The maximum atomic E-state index is 12.0. The van der Waals surface area contributed by atoms with Gasteiger partial charge in [0, 0.05) is 12.5 Å². The molecule has 0 aromatic heterocycles. The van der Waals surface area contributed by atoms with Crippen molar-refractivity contribution < 1.29 is 14.7 Å². The van der Waals surface area contributed by atoms with Crippen LogP contribution in [-0.4, -0.2) is 22.5 Å². The number of rotatable bonds is 6. The molecule has 20 heavy (non-hydrogen) atoms. The standard InChI is InChI=1S/C15H20N2O3/c16-12(11-5-2-1-3-6-11)9-13(18)17-15(7-4-8-15)10-14(19)20/h1-3,5-6,12H,4,7-10,16H2,(H,17,18)(H,19,20). The highest BCUT2D eigenvalue weighted by atomic mass is 16.4. The first-order valence-electron chi connectivity index (χ1n) is 6.84. The molecular formula is C15H20N2O3. The Hall–Kier alpha value is -1.88. The molecule has 1 fully saturated rings. The molecule has 1 aliphatic rings. The third-order valence-corrected chi connectivity index (χ3v) is 3.84. The highest BCUT2D eigenvalue weighted by Crippen LogP contribution is 2.35. The van der Waals surface area contributed by atoms with Crippen molar-refractivity contribution in [1.29, 1.82) is 0 Å². The van der Waals surface area contributed by atoms with Crippen molar-refractivity contribution in [3.05, 3.63) is 35.9 Å². The minimum Gasteiger partial charge on any atom is -0.481 e. The molecule has 5 heteroatoms. The van der Waals surface area contributed by atoms with E-state index in [1.54, 1.807) is 0 Å². The summed E-state index contributed by atoms with van der Waals surface area (Å²) >= 11 is 0. The number of hydrogen-bond donors (Lipinski definition) is 3. The summed E-state index contributed by atoms with van der Waals surface area (Å²) in [6, 6.07) is 9.06. The molecule has 0 radical (unpaired) electrons. The van der Waals surface area contributed by atoms with Gasteiger partial charge in [-0.05, 0) is 24.8 Å². The Bertz CT molecular complexity index is 483. The van der Waals surface area contributed by atoms with E-state index in [-0.39, 0.29) is 24.8 Å². The lowest BCUT2D eigenvalue weighted by molar-refractivity contribution is -0.140. The van der Waals surface area contributed by atoms with Crippen LogP contribution in [0.4, 0.5) is 0 Å². The average molecular weight is 276 g/mol. The molecule has 0 aliphatic heterocycles. The average Bonchev–Trinajstić information content (AvgIpc) is 2.36. The van der Waals surface area contributed by atoms with Crippen molar-refractivity contribution in [3.8, 4) is 0 Å². The summed E-state index contributed by atoms with van der Waals surface area (Å²) in [6.45, 7) is 0. The van der Waals surface area contributed by atoms with Crippen LogP contribution >= 0.6 is 0 Å². The summed E-state index contributed by atoms with van der Waals surface area (Å²) in [5, 5.41) is 11.8. The molecule has 2 rings (SSSR count). The van der Waals surface area contributed by atoms with Gasteiger partial charge in [0.1, 0.15) is 0 Å². The van der Waals surface area contributed by atoms with Crippen LogP contribution in [-0.2, 0) is 9.59 Å². The van der Waals surface area contributed by atoms with Crippen molar-refractivity contribution in [2.45, 2.75) is 43.7 Å². The number of carboxylic acid groups (broad SMARTS) is 1. The Morgan fingerprint density at radius 1 is 1.30 bits per heavy atom. The molecule has 1 saturated carbocycles. The van der Waals surface area contributed by atoms with E-state index in [4.69, 9.17) is 10.8 Å². The van der Waals surface area contributed by atoms with Gasteiger partial charge in [0.05, 0.1) is 12.0 Å². The van der Waals surface area contributed by atoms with Crippen molar-refractivity contribution in [2.24, 2.45) is 5.73 Å². The van der Waals surface area contributed by atoms with Gasteiger partial charge in [-0.1, -0.05) is 30.3 Å². The molecule has 5 nitrogen and oxygen atoms in total. The largest absolute Gasteiger partial charge is 0.481 e. The Morgan fingerprint density at radius 3 is 2.45 bits per heavy atom. The van der Waals surface area contributed by atoms with Crippen LogP contribution in [0, 0.1) is 0 Å². The van der Waals surface area contributed by atoms with Crippen LogP contribution in [0.1, 0.15) is 43.7 Å². The fraction of sp³-hybridized carbons (Fsp3) is 0.467. The second kappa shape index (κ2) is 6.05. The van der Waals surface area contributed by atoms with Crippen LogP contribution in [0.2, 0.25) is 0 Å². The summed E-state index contributed by atoms with van der Waals surface area (Å²) < 4.78 is 0. The Labute approximate surface area is 118 Å². The number of carboxylic acids is 1. The molecule has 1 aliphatic carbocycles. The van der Waals surface area contributed by atoms with E-state index in [1.165, 1.54) is 0 Å². The normalized spacial score (nSPS) is 17.9. The monoisotopic (exact) mass is 276 g/mol. The number of nitrogens with two attached hydrogens (primary N) is 1. The number of hydrogen-bond acceptors (Lipinski definition) is 3. The first kappa shape index (κ1) is 14.5. The number of benzene rings is 1. The van der Waals surface area contributed by atoms with Crippen molar-refractivity contribution in [2.75, 3.05) is 0 Å². The minimum absolute atomic E-state index is 0.0146. The molecule has 1 aromatic carbocycles. The fourth-order valence-corrected chi connectivity index (χ4v) is 2.60. The summed E-state index contributed by atoms with van der Waals surface area (Å²) in [7, 11) is 0. The maximum Gasteiger partial charge on any atom is 0.305 e. The van der Waals surface area contributed by atoms with E-state index in [0.717, 1.165) is 24.8 Å². The van der Waals surface area contributed by atoms with Crippen LogP contribution in [0.15, 0.2) is 30.3 Å². The maximum absolute atomic E-state index is 12.0. The Kier molecular flexibility index (Phi) is 4.39. The molecule has 1 unspecified atom stereocenters. The number of amides is 1. The molecule has 108 valence electrons. The second-order valence-electron chi connectivity index (χ2n) is 5.47. The van der Waals surface area contributed by atoms with Gasteiger partial charge in [0.15, 0.2) is 0 Å². The topological polar surface area (TPSA) is 92.4 Å². The lowest BCUT2D eigenvalue weighted by Gasteiger charge is -2.41. The predicted molar refractivity (Wildman–Crippen MR) is 75.0 cm³/mol. The second-order valence-corrected chi connectivity index (χ2v) is 5.47. The lowest BCUT2D eigenvalue weighted by atomic mass is 9.74. The molecule has 0 heterocycles. The number of nitrogens with one attached hydrogen (secondary N) is 1. The zero-order valence-corrected chi connectivity index (χ0v) is 11.3. The number of carbonyl (C=O) groups excluding carboxylic acids is 1. The lowest BCUT2D eigenvalue weighted by Crippen LogP contribution is -2.55. The van der Waals surface area contributed by atoms with Crippen LogP contribution in [0.3, 0.4) is 0 Å². The van der Waals surface area contributed by atoms with Gasteiger partial charge in [-0.2, -0.15) is 0 Å². The van der Waals surface area contributed by atoms with Gasteiger partial charge in [0.2, 0.25) is 5.91 Å². The van der Waals surface area contributed by atoms with E-state index in [0.29, 0.717) is 0 Å². The van der Waals surface area contributed by atoms with Crippen LogP contribution in [0.25, 0.3) is 0 Å². The first-order chi connectivity index (χ1) is 9.51. The Balaban J connectivity index is 1.90. The molecular weight excluding hydrogens is 256 g/mol. The van der Waals surface area contributed by atoms with Gasteiger partial charge in [-0.3, -0.25) is 9.59 Å². The summed E-state index contributed by atoms with van der Waals surface area (Å²) in [5.41, 5.74) is 6.35. The number of carbonyl (C=O) groups is 2. The van der Waals surface area contributed by atoms with Gasteiger partial charge in [0.25, 0.3) is 0 Å². The SMILES string of the molecule is NC(CC(=O)NC1(CC(=O)O)CCC1)c1ccccc1. The van der Waals surface area contributed by atoms with Gasteiger partial charge >= 0.3 is 5.97 Å². The van der Waals surface area contributed by atoms with Gasteiger partial charge in [-0.15, -0.1) is 0 Å². The molecule has 0 bridgehead atoms. The summed E-state index contributed by atoms with van der Waals surface area (Å²) in [5.74, 6) is -1.06. The van der Waals surface area contributed by atoms with E-state index in [2.05, 4.69) is 5.32 Å². The minimum atomic E-state index is -0.877. The molecule has 1 aromatic rings. The van der Waals surface area contributed by atoms with Crippen molar-refractivity contribution in [1.82, 2.24) is 5.32 Å². The van der Waals surface area contributed by atoms with Gasteiger partial charge < -0.3 is 16.2 Å². The highest BCUT2D eigenvalue weighted by Gasteiger charge is 2.40. The molecule has 4 N–H and O–H groups in total. The van der Waals surface area contributed by atoms with E-state index < -0.39 is 11.5 Å². The van der Waals surface area contributed by atoms with E-state index in [1.807, 2.05) is 30.3 Å². The van der Waals surface area contributed by atoms with E-state index >= 15 is 0 Å². The zero-order chi connectivity index (χ0) is 14.6. The highest BCUT2D eigenvalue weighted by molar-refractivity contribution is 5.79. The Morgan fingerprint density at radius 2 is 1.95 bits per heavy atom. The predicted octanol–water partition coefficient (Wildman–Crippen LogP) is 1.59. The summed E-state index contributed by atoms with van der Waals surface area (Å²) in [6.07, 6.45) is 2.57. The van der Waals surface area contributed by atoms with Crippen LogP contribution in [0.5, 0.6) is 0 Å². The van der Waals surface area contributed by atoms with Crippen LogP contribution < -0.4 is 11.1 Å². The quantitative estimate of drug-likeness (QED) is 0.735. The van der Waals surface area contributed by atoms with Crippen molar-refractivity contribution >= 4 is 11.9 Å². The zero-order valence-electron chi connectivity index (χ0n) is 11.3. The third kappa shape index (κ3) is 3.57. The molecule has 0 spiro atoms. The molecule has 0 saturated heterocycles. The van der Waals surface area contributed by atoms with Crippen molar-refractivity contribution in [3.63, 3.8) is 0 Å².